The lowest BCUT2D eigenvalue weighted by molar-refractivity contribution is -0.130. The highest BCUT2D eigenvalue weighted by atomic mass is 35.5. The smallest absolute Gasteiger partial charge is 0.339 e. The van der Waals surface area contributed by atoms with E-state index in [1.807, 2.05) is 0 Å². The SMILES string of the molecule is NCC1(C(=O)Nc2cccc(Cl)c2C(=O)O)CCOCC1. The van der Waals surface area contributed by atoms with Crippen LogP contribution in [0, 0.1) is 5.41 Å². The molecule has 1 amide bonds. The third kappa shape index (κ3) is 3.18. The minimum absolute atomic E-state index is 0.0778. The van der Waals surface area contributed by atoms with Crippen LogP contribution in [-0.2, 0) is 9.53 Å². The summed E-state index contributed by atoms with van der Waals surface area (Å²) >= 11 is 5.89. The van der Waals surface area contributed by atoms with Crippen molar-refractivity contribution in [3.8, 4) is 0 Å². The lowest BCUT2D eigenvalue weighted by Gasteiger charge is -2.34. The topological polar surface area (TPSA) is 102 Å². The number of carboxylic acids is 1. The fraction of sp³-hybridized carbons (Fsp3) is 0.429. The van der Waals surface area contributed by atoms with E-state index < -0.39 is 11.4 Å². The molecule has 1 heterocycles. The van der Waals surface area contributed by atoms with Crippen LogP contribution in [0.15, 0.2) is 18.2 Å². The maximum absolute atomic E-state index is 12.5. The van der Waals surface area contributed by atoms with Crippen LogP contribution in [0.3, 0.4) is 0 Å². The van der Waals surface area contributed by atoms with Crippen molar-refractivity contribution in [3.63, 3.8) is 0 Å². The highest BCUT2D eigenvalue weighted by Gasteiger charge is 2.39. The normalized spacial score (nSPS) is 17.2. The second-order valence-corrected chi connectivity index (χ2v) is 5.43. The molecule has 0 bridgehead atoms. The third-order valence-electron chi connectivity index (χ3n) is 3.80. The van der Waals surface area contributed by atoms with Crippen molar-refractivity contribution < 1.29 is 19.4 Å². The first-order valence-electron chi connectivity index (χ1n) is 6.61. The lowest BCUT2D eigenvalue weighted by atomic mass is 9.79. The second-order valence-electron chi connectivity index (χ2n) is 5.02. The molecule has 0 aromatic heterocycles. The average molecular weight is 313 g/mol. The number of nitrogens with one attached hydrogen (secondary N) is 1. The summed E-state index contributed by atoms with van der Waals surface area (Å²) in [6.45, 7) is 1.11. The Kier molecular flexibility index (Phi) is 4.82. The van der Waals surface area contributed by atoms with Crippen LogP contribution >= 0.6 is 11.6 Å². The molecule has 7 heteroatoms. The van der Waals surface area contributed by atoms with Crippen molar-refractivity contribution in [3.05, 3.63) is 28.8 Å². The van der Waals surface area contributed by atoms with Gasteiger partial charge >= 0.3 is 5.97 Å². The molecule has 1 aromatic carbocycles. The Morgan fingerprint density at radius 1 is 1.38 bits per heavy atom. The van der Waals surface area contributed by atoms with Crippen molar-refractivity contribution in [2.24, 2.45) is 11.1 Å². The van der Waals surface area contributed by atoms with Gasteiger partial charge in [-0.05, 0) is 25.0 Å². The van der Waals surface area contributed by atoms with Gasteiger partial charge in [0, 0.05) is 19.8 Å². The summed E-state index contributed by atoms with van der Waals surface area (Å²) in [4.78, 5) is 23.8. The standard InChI is InChI=1S/C14H17ClN2O4/c15-9-2-1-3-10(11(9)12(18)19)17-13(20)14(8-16)4-6-21-7-5-14/h1-3H,4-8,16H2,(H,17,20)(H,18,19). The van der Waals surface area contributed by atoms with Gasteiger partial charge in [0.25, 0.3) is 0 Å². The quantitative estimate of drug-likeness (QED) is 0.786. The monoisotopic (exact) mass is 312 g/mol. The number of anilines is 1. The third-order valence-corrected chi connectivity index (χ3v) is 4.11. The molecule has 1 saturated heterocycles. The maximum atomic E-state index is 12.5. The summed E-state index contributed by atoms with van der Waals surface area (Å²) in [6, 6.07) is 4.56. The van der Waals surface area contributed by atoms with Gasteiger partial charge in [0.05, 0.1) is 16.1 Å². The number of amides is 1. The number of ether oxygens (including phenoxy) is 1. The van der Waals surface area contributed by atoms with Crippen LogP contribution in [-0.4, -0.2) is 36.7 Å². The predicted molar refractivity (Wildman–Crippen MR) is 78.6 cm³/mol. The Labute approximate surface area is 127 Å². The number of nitrogens with two attached hydrogens (primary N) is 1. The summed E-state index contributed by atoms with van der Waals surface area (Å²) in [6.07, 6.45) is 1.02. The van der Waals surface area contributed by atoms with E-state index in [1.165, 1.54) is 12.1 Å². The van der Waals surface area contributed by atoms with E-state index in [4.69, 9.17) is 22.1 Å². The molecule has 1 aliphatic heterocycles. The molecule has 2 rings (SSSR count). The fourth-order valence-corrected chi connectivity index (χ4v) is 2.64. The van der Waals surface area contributed by atoms with Crippen LogP contribution < -0.4 is 11.1 Å². The zero-order valence-electron chi connectivity index (χ0n) is 11.4. The number of hydrogen-bond acceptors (Lipinski definition) is 4. The number of hydrogen-bond donors (Lipinski definition) is 3. The highest BCUT2D eigenvalue weighted by Crippen LogP contribution is 2.32. The zero-order chi connectivity index (χ0) is 15.5. The lowest BCUT2D eigenvalue weighted by Crippen LogP contribution is -2.46. The Bertz CT molecular complexity index is 556. The van der Waals surface area contributed by atoms with Crippen LogP contribution in [0.2, 0.25) is 5.02 Å². The van der Waals surface area contributed by atoms with Gasteiger partial charge in [-0.3, -0.25) is 4.79 Å². The molecule has 1 aromatic rings. The number of carbonyl (C=O) groups is 2. The fourth-order valence-electron chi connectivity index (χ4n) is 2.39. The summed E-state index contributed by atoms with van der Waals surface area (Å²) in [5.74, 6) is -1.48. The van der Waals surface area contributed by atoms with Crippen LogP contribution in [0.4, 0.5) is 5.69 Å². The number of carbonyl (C=O) groups excluding carboxylic acids is 1. The molecule has 0 atom stereocenters. The molecule has 6 nitrogen and oxygen atoms in total. The Hall–Kier alpha value is -1.63. The largest absolute Gasteiger partial charge is 0.478 e. The van der Waals surface area contributed by atoms with Gasteiger partial charge in [-0.2, -0.15) is 0 Å². The Balaban J connectivity index is 2.27. The molecule has 1 aliphatic rings. The van der Waals surface area contributed by atoms with Gasteiger partial charge in [0.2, 0.25) is 5.91 Å². The van der Waals surface area contributed by atoms with E-state index in [2.05, 4.69) is 5.32 Å². The van der Waals surface area contributed by atoms with Gasteiger partial charge in [-0.1, -0.05) is 17.7 Å². The van der Waals surface area contributed by atoms with Gasteiger partial charge in [0.15, 0.2) is 0 Å². The second kappa shape index (κ2) is 6.43. The van der Waals surface area contributed by atoms with E-state index >= 15 is 0 Å². The number of benzene rings is 1. The van der Waals surface area contributed by atoms with Crippen LogP contribution in [0.5, 0.6) is 0 Å². The molecule has 0 radical (unpaired) electrons. The maximum Gasteiger partial charge on any atom is 0.339 e. The zero-order valence-corrected chi connectivity index (χ0v) is 12.2. The van der Waals surface area contributed by atoms with E-state index in [0.29, 0.717) is 26.1 Å². The molecule has 4 N–H and O–H groups in total. The molecule has 0 spiro atoms. The van der Waals surface area contributed by atoms with E-state index in [1.54, 1.807) is 6.07 Å². The van der Waals surface area contributed by atoms with E-state index in [0.717, 1.165) is 0 Å². The summed E-state index contributed by atoms with van der Waals surface area (Å²) in [5.41, 5.74) is 5.10. The molecule has 1 fully saturated rings. The predicted octanol–water partition coefficient (Wildman–Crippen LogP) is 1.73. The molecular formula is C14H17ClN2O4. The first-order chi connectivity index (χ1) is 10.00. The highest BCUT2D eigenvalue weighted by molar-refractivity contribution is 6.34. The summed E-state index contributed by atoms with van der Waals surface area (Å²) in [5, 5.41) is 11.9. The summed E-state index contributed by atoms with van der Waals surface area (Å²) in [7, 11) is 0. The van der Waals surface area contributed by atoms with Gasteiger partial charge < -0.3 is 20.9 Å². The molecular weight excluding hydrogens is 296 g/mol. The number of carboxylic acid groups (broad SMARTS) is 1. The average Bonchev–Trinajstić information content (AvgIpc) is 2.47. The van der Waals surface area contributed by atoms with Gasteiger partial charge in [0.1, 0.15) is 5.56 Å². The van der Waals surface area contributed by atoms with Crippen LogP contribution in [0.1, 0.15) is 23.2 Å². The van der Waals surface area contributed by atoms with Crippen LogP contribution in [0.25, 0.3) is 0 Å². The van der Waals surface area contributed by atoms with E-state index in [9.17, 15) is 14.7 Å². The van der Waals surface area contributed by atoms with Gasteiger partial charge in [-0.15, -0.1) is 0 Å². The molecule has 0 saturated carbocycles. The Morgan fingerprint density at radius 2 is 2.05 bits per heavy atom. The van der Waals surface area contributed by atoms with Gasteiger partial charge in [-0.25, -0.2) is 4.79 Å². The first kappa shape index (κ1) is 15.8. The van der Waals surface area contributed by atoms with Crippen molar-refractivity contribution in [2.45, 2.75) is 12.8 Å². The summed E-state index contributed by atoms with van der Waals surface area (Å²) < 4.78 is 5.26. The molecule has 114 valence electrons. The first-order valence-corrected chi connectivity index (χ1v) is 6.99. The van der Waals surface area contributed by atoms with Crippen molar-refractivity contribution in [1.29, 1.82) is 0 Å². The molecule has 0 aliphatic carbocycles. The van der Waals surface area contributed by atoms with Crippen molar-refractivity contribution in [1.82, 2.24) is 0 Å². The minimum atomic E-state index is -1.19. The molecule has 0 unspecified atom stereocenters. The minimum Gasteiger partial charge on any atom is -0.478 e. The Morgan fingerprint density at radius 3 is 2.62 bits per heavy atom. The van der Waals surface area contributed by atoms with Crippen molar-refractivity contribution >= 4 is 29.2 Å². The van der Waals surface area contributed by atoms with E-state index in [-0.39, 0.29) is 28.7 Å². The number of rotatable bonds is 4. The molecule has 21 heavy (non-hydrogen) atoms. The van der Waals surface area contributed by atoms with Crippen molar-refractivity contribution in [2.75, 3.05) is 25.1 Å². The number of halogens is 1. The number of aromatic carboxylic acids is 1.